The molecule has 178 valence electrons. The molecule has 2 aromatic rings. The number of hydrogen-bond donors (Lipinski definition) is 1. The lowest BCUT2D eigenvalue weighted by atomic mass is 9.84. The molecule has 1 aromatic heterocycles. The number of benzene rings is 1. The first kappa shape index (κ1) is 22.6. The second-order valence-corrected chi connectivity index (χ2v) is 9.48. The first-order chi connectivity index (χ1) is 16.3. The first-order valence-electron chi connectivity index (χ1n) is 11.0. The van der Waals surface area contributed by atoms with E-state index in [0.29, 0.717) is 26.3 Å². The SMILES string of the molecule is [C-]#[N+]c1ccc(Nc2ncnc(OC3C4COCC3CN(C(=O)OC3(C)CC3)C4)c2Cl)c(F)c1. The summed E-state index contributed by atoms with van der Waals surface area (Å²) in [6.07, 6.45) is 2.51. The topological polar surface area (TPSA) is 90.2 Å². The summed E-state index contributed by atoms with van der Waals surface area (Å²) in [5.74, 6) is -0.403. The van der Waals surface area contributed by atoms with Gasteiger partial charge < -0.3 is 24.4 Å². The number of hydrogen-bond acceptors (Lipinski definition) is 7. The highest BCUT2D eigenvalue weighted by molar-refractivity contribution is 6.34. The fourth-order valence-electron chi connectivity index (χ4n) is 4.25. The van der Waals surface area contributed by atoms with E-state index in [-0.39, 0.29) is 57.7 Å². The summed E-state index contributed by atoms with van der Waals surface area (Å²) in [6.45, 7) is 10.7. The normalized spacial score (nSPS) is 24.6. The van der Waals surface area contributed by atoms with Crippen LogP contribution in [0, 0.1) is 24.2 Å². The van der Waals surface area contributed by atoms with Crippen LogP contribution in [0.1, 0.15) is 19.8 Å². The van der Waals surface area contributed by atoms with E-state index in [1.165, 1.54) is 18.5 Å². The lowest BCUT2D eigenvalue weighted by molar-refractivity contribution is -0.111. The third-order valence-corrected chi connectivity index (χ3v) is 6.73. The number of anilines is 2. The van der Waals surface area contributed by atoms with Crippen LogP contribution >= 0.6 is 11.6 Å². The van der Waals surface area contributed by atoms with Gasteiger partial charge in [0.1, 0.15) is 28.9 Å². The zero-order chi connectivity index (χ0) is 23.9. The summed E-state index contributed by atoms with van der Waals surface area (Å²) in [5, 5.41) is 2.94. The maximum absolute atomic E-state index is 14.3. The largest absolute Gasteiger partial charge is 0.472 e. The van der Waals surface area contributed by atoms with Crippen LogP contribution in [0.25, 0.3) is 4.85 Å². The molecule has 34 heavy (non-hydrogen) atoms. The van der Waals surface area contributed by atoms with E-state index in [1.807, 2.05) is 6.92 Å². The number of nitrogens with zero attached hydrogens (tertiary/aromatic N) is 4. The summed E-state index contributed by atoms with van der Waals surface area (Å²) in [7, 11) is 0. The van der Waals surface area contributed by atoms with E-state index >= 15 is 0 Å². The van der Waals surface area contributed by atoms with Crippen molar-refractivity contribution in [1.29, 1.82) is 0 Å². The molecule has 0 radical (unpaired) electrons. The number of rotatable bonds is 5. The fraction of sp³-hybridized carbons (Fsp3) is 0.478. The monoisotopic (exact) mass is 487 g/mol. The van der Waals surface area contributed by atoms with Gasteiger partial charge in [-0.05, 0) is 31.9 Å². The Bertz CT molecular complexity index is 1140. The van der Waals surface area contributed by atoms with Crippen molar-refractivity contribution in [2.45, 2.75) is 31.5 Å². The molecule has 1 amide bonds. The molecule has 2 atom stereocenters. The Morgan fingerprint density at radius 1 is 1.32 bits per heavy atom. The average Bonchev–Trinajstić information content (AvgIpc) is 3.53. The highest BCUT2D eigenvalue weighted by atomic mass is 35.5. The molecule has 0 spiro atoms. The van der Waals surface area contributed by atoms with Crippen LogP contribution in [0.4, 0.5) is 26.4 Å². The van der Waals surface area contributed by atoms with Crippen LogP contribution in [-0.4, -0.2) is 59.0 Å². The van der Waals surface area contributed by atoms with Crippen LogP contribution in [-0.2, 0) is 9.47 Å². The van der Waals surface area contributed by atoms with Crippen LogP contribution < -0.4 is 10.1 Å². The molecule has 1 aromatic carbocycles. The zero-order valence-electron chi connectivity index (χ0n) is 18.5. The summed E-state index contributed by atoms with van der Waals surface area (Å²) < 4.78 is 31.9. The van der Waals surface area contributed by atoms with Gasteiger partial charge in [-0.15, -0.1) is 0 Å². The lowest BCUT2D eigenvalue weighted by Crippen LogP contribution is -2.59. The van der Waals surface area contributed by atoms with Gasteiger partial charge in [0, 0.05) is 24.9 Å². The highest BCUT2D eigenvalue weighted by Crippen LogP contribution is 2.40. The van der Waals surface area contributed by atoms with Gasteiger partial charge in [0.2, 0.25) is 5.88 Å². The molecule has 3 fully saturated rings. The van der Waals surface area contributed by atoms with Crippen LogP contribution in [0.2, 0.25) is 5.02 Å². The Kier molecular flexibility index (Phi) is 5.91. The number of halogens is 2. The van der Waals surface area contributed by atoms with Gasteiger partial charge in [0.25, 0.3) is 0 Å². The van der Waals surface area contributed by atoms with E-state index in [0.717, 1.165) is 18.9 Å². The molecule has 2 bridgehead atoms. The number of fused-ring (bicyclic) bond motifs is 2. The van der Waals surface area contributed by atoms with Gasteiger partial charge in [0.05, 0.1) is 25.5 Å². The van der Waals surface area contributed by atoms with Crippen LogP contribution in [0.15, 0.2) is 24.5 Å². The molecule has 1 aliphatic carbocycles. The predicted molar refractivity (Wildman–Crippen MR) is 121 cm³/mol. The second-order valence-electron chi connectivity index (χ2n) is 9.11. The molecule has 2 unspecified atom stereocenters. The van der Waals surface area contributed by atoms with Gasteiger partial charge in [-0.2, -0.15) is 0 Å². The molecule has 3 heterocycles. The van der Waals surface area contributed by atoms with E-state index in [4.69, 9.17) is 32.4 Å². The number of nitrogens with one attached hydrogen (secondary N) is 1. The maximum atomic E-state index is 14.3. The molecular weight excluding hydrogens is 465 g/mol. The minimum atomic E-state index is -0.600. The van der Waals surface area contributed by atoms with E-state index in [2.05, 4.69) is 20.1 Å². The molecule has 11 heteroatoms. The van der Waals surface area contributed by atoms with E-state index < -0.39 is 5.82 Å². The number of aromatic nitrogens is 2. The number of piperidine rings is 1. The molecule has 2 saturated heterocycles. The minimum Gasteiger partial charge on any atom is -0.472 e. The van der Waals surface area contributed by atoms with Gasteiger partial charge in [-0.3, -0.25) is 0 Å². The van der Waals surface area contributed by atoms with Gasteiger partial charge in [0.15, 0.2) is 11.5 Å². The molecular formula is C23H23ClFN5O4. The van der Waals surface area contributed by atoms with Gasteiger partial charge >= 0.3 is 6.09 Å². The number of ether oxygens (including phenoxy) is 3. The zero-order valence-corrected chi connectivity index (χ0v) is 19.2. The van der Waals surface area contributed by atoms with Crippen molar-refractivity contribution in [2.75, 3.05) is 31.6 Å². The van der Waals surface area contributed by atoms with Crippen LogP contribution in [0.5, 0.6) is 5.88 Å². The third kappa shape index (κ3) is 4.58. The first-order valence-corrected chi connectivity index (χ1v) is 11.4. The summed E-state index contributed by atoms with van der Waals surface area (Å²) >= 11 is 6.50. The minimum absolute atomic E-state index is 0.0758. The molecule has 5 rings (SSSR count). The van der Waals surface area contributed by atoms with Gasteiger partial charge in [-0.1, -0.05) is 17.7 Å². The summed E-state index contributed by atoms with van der Waals surface area (Å²) in [4.78, 5) is 25.8. The predicted octanol–water partition coefficient (Wildman–Crippen LogP) is 4.58. The second kappa shape index (κ2) is 8.89. The van der Waals surface area contributed by atoms with E-state index in [1.54, 1.807) is 4.90 Å². The molecule has 1 N–H and O–H groups in total. The third-order valence-electron chi connectivity index (χ3n) is 6.39. The fourth-order valence-corrected chi connectivity index (χ4v) is 4.44. The average molecular weight is 488 g/mol. The van der Waals surface area contributed by atoms with Gasteiger partial charge in [-0.25, -0.2) is 24.0 Å². The molecule has 3 aliphatic rings. The Labute approximate surface area is 201 Å². The van der Waals surface area contributed by atoms with Crippen molar-refractivity contribution in [1.82, 2.24) is 14.9 Å². The summed E-state index contributed by atoms with van der Waals surface area (Å²) in [5.41, 5.74) is -0.0135. The van der Waals surface area contributed by atoms with Crippen molar-refractivity contribution in [3.05, 3.63) is 46.8 Å². The van der Waals surface area contributed by atoms with Crippen molar-refractivity contribution < 1.29 is 23.4 Å². The number of carbonyl (C=O) groups excluding carboxylic acids is 1. The number of amides is 1. The Balaban J connectivity index is 1.30. The van der Waals surface area contributed by atoms with Crippen molar-refractivity contribution in [3.8, 4) is 5.88 Å². The Hall–Kier alpha value is -3.16. The molecule has 2 aliphatic heterocycles. The van der Waals surface area contributed by atoms with Crippen LogP contribution in [0.3, 0.4) is 0 Å². The molecule has 1 saturated carbocycles. The summed E-state index contributed by atoms with van der Waals surface area (Å²) in [6, 6.07) is 4.07. The highest BCUT2D eigenvalue weighted by Gasteiger charge is 2.47. The quantitative estimate of drug-likeness (QED) is 0.617. The Morgan fingerprint density at radius 2 is 2.06 bits per heavy atom. The van der Waals surface area contributed by atoms with E-state index in [9.17, 15) is 9.18 Å². The standard InChI is InChI=1S/C23H23ClFN5O4/c1-23(5-6-23)34-22(31)30-8-13-10-32-11-14(9-30)19(13)33-21-18(24)20(27-12-28-21)29-17-4-3-15(26-2)7-16(17)25/h3-4,7,12-14,19H,5-6,8-11H2,1H3,(H,27,28,29). The lowest BCUT2D eigenvalue weighted by Gasteiger charge is -2.46. The van der Waals surface area contributed by atoms with Crippen molar-refractivity contribution in [3.63, 3.8) is 0 Å². The number of likely N-dealkylation sites (tertiary alicyclic amines) is 1. The smallest absolute Gasteiger partial charge is 0.410 e. The maximum Gasteiger partial charge on any atom is 0.410 e. The number of carbonyl (C=O) groups is 1. The molecule has 9 nitrogen and oxygen atoms in total. The van der Waals surface area contributed by atoms with Crippen molar-refractivity contribution in [2.24, 2.45) is 11.8 Å². The Morgan fingerprint density at radius 3 is 2.71 bits per heavy atom. The van der Waals surface area contributed by atoms with Crippen molar-refractivity contribution >= 4 is 34.9 Å².